The van der Waals surface area contributed by atoms with Gasteiger partial charge in [-0.25, -0.2) is 0 Å². The normalized spacial score (nSPS) is 17.6. The van der Waals surface area contributed by atoms with Crippen LogP contribution in [0.5, 0.6) is 0 Å². The fourth-order valence-electron chi connectivity index (χ4n) is 3.24. The van der Waals surface area contributed by atoms with Crippen LogP contribution in [0.1, 0.15) is 63.4 Å². The molecule has 0 spiro atoms. The van der Waals surface area contributed by atoms with E-state index >= 15 is 0 Å². The number of carbonyl (C=O) groups is 2. The molecule has 0 bridgehead atoms. The molecule has 0 aliphatic carbocycles. The van der Waals surface area contributed by atoms with Gasteiger partial charge in [-0.05, 0) is 84.2 Å². The maximum absolute atomic E-state index is 12.7. The van der Waals surface area contributed by atoms with Gasteiger partial charge in [0, 0.05) is 16.8 Å². The summed E-state index contributed by atoms with van der Waals surface area (Å²) >= 11 is 0. The van der Waals surface area contributed by atoms with Crippen LogP contribution in [0.3, 0.4) is 0 Å². The lowest BCUT2D eigenvalue weighted by Gasteiger charge is -2.34. The first-order valence-corrected chi connectivity index (χ1v) is 9.55. The molecule has 1 aromatic rings. The average molecular weight is 360 g/mol. The zero-order chi connectivity index (χ0) is 19.5. The van der Waals surface area contributed by atoms with Crippen LogP contribution in [-0.4, -0.2) is 41.4 Å². The molecule has 1 saturated heterocycles. The summed E-state index contributed by atoms with van der Waals surface area (Å²) < 4.78 is 0. The van der Waals surface area contributed by atoms with E-state index in [4.69, 9.17) is 0 Å². The monoisotopic (exact) mass is 359 g/mol. The van der Waals surface area contributed by atoms with Crippen molar-refractivity contribution in [2.24, 2.45) is 5.92 Å². The van der Waals surface area contributed by atoms with E-state index in [-0.39, 0.29) is 23.4 Å². The Hall–Kier alpha value is -1.88. The molecule has 2 N–H and O–H groups in total. The summed E-state index contributed by atoms with van der Waals surface area (Å²) in [5.41, 5.74) is 1.79. The summed E-state index contributed by atoms with van der Waals surface area (Å²) in [7, 11) is 0. The van der Waals surface area contributed by atoms with Crippen LogP contribution < -0.4 is 10.6 Å². The standard InChI is InChI=1S/C21H33N3O2/c1-14-10-12-24(13-11-14)16(3)19(25)22-18-9-7-8-17(15(18)2)20(26)23-21(4,5)6/h7-9,14,16H,10-13H2,1-6H3,(H,22,25)(H,23,26). The summed E-state index contributed by atoms with van der Waals surface area (Å²) in [6, 6.07) is 5.29. The third-order valence-corrected chi connectivity index (χ3v) is 5.07. The van der Waals surface area contributed by atoms with Crippen molar-refractivity contribution in [3.8, 4) is 0 Å². The van der Waals surface area contributed by atoms with E-state index in [0.717, 1.165) is 37.4 Å². The first-order chi connectivity index (χ1) is 12.1. The highest BCUT2D eigenvalue weighted by atomic mass is 16.2. The van der Waals surface area contributed by atoms with Gasteiger partial charge in [0.15, 0.2) is 0 Å². The van der Waals surface area contributed by atoms with Crippen molar-refractivity contribution < 1.29 is 9.59 Å². The molecule has 144 valence electrons. The minimum absolute atomic E-state index is 0.0176. The van der Waals surface area contributed by atoms with Gasteiger partial charge in [-0.2, -0.15) is 0 Å². The zero-order valence-electron chi connectivity index (χ0n) is 17.0. The lowest BCUT2D eigenvalue weighted by molar-refractivity contribution is -0.121. The van der Waals surface area contributed by atoms with Crippen LogP contribution in [0.4, 0.5) is 5.69 Å². The smallest absolute Gasteiger partial charge is 0.252 e. The van der Waals surface area contributed by atoms with Crippen LogP contribution in [0.15, 0.2) is 18.2 Å². The van der Waals surface area contributed by atoms with E-state index in [9.17, 15) is 9.59 Å². The van der Waals surface area contributed by atoms with E-state index < -0.39 is 0 Å². The van der Waals surface area contributed by atoms with E-state index in [0.29, 0.717) is 11.3 Å². The number of anilines is 1. The van der Waals surface area contributed by atoms with Crippen LogP contribution >= 0.6 is 0 Å². The maximum Gasteiger partial charge on any atom is 0.252 e. The van der Waals surface area contributed by atoms with Gasteiger partial charge in [-0.15, -0.1) is 0 Å². The quantitative estimate of drug-likeness (QED) is 0.864. The molecule has 1 heterocycles. The lowest BCUT2D eigenvalue weighted by atomic mass is 9.98. The number of nitrogens with one attached hydrogen (secondary N) is 2. The number of hydrogen-bond donors (Lipinski definition) is 2. The zero-order valence-corrected chi connectivity index (χ0v) is 17.0. The molecule has 1 fully saturated rings. The van der Waals surface area contributed by atoms with E-state index in [1.54, 1.807) is 6.07 Å². The average Bonchev–Trinajstić information content (AvgIpc) is 2.55. The summed E-state index contributed by atoms with van der Waals surface area (Å²) in [5.74, 6) is 0.599. The molecule has 5 nitrogen and oxygen atoms in total. The van der Waals surface area contributed by atoms with Gasteiger partial charge in [-0.3, -0.25) is 14.5 Å². The van der Waals surface area contributed by atoms with Gasteiger partial charge < -0.3 is 10.6 Å². The van der Waals surface area contributed by atoms with Crippen molar-refractivity contribution in [1.29, 1.82) is 0 Å². The highest BCUT2D eigenvalue weighted by Crippen LogP contribution is 2.22. The van der Waals surface area contributed by atoms with Crippen molar-refractivity contribution in [2.75, 3.05) is 18.4 Å². The molecular weight excluding hydrogens is 326 g/mol. The molecule has 1 aliphatic rings. The molecule has 0 saturated carbocycles. The van der Waals surface area contributed by atoms with Crippen molar-refractivity contribution in [1.82, 2.24) is 10.2 Å². The summed E-state index contributed by atoms with van der Waals surface area (Å²) in [6.07, 6.45) is 2.28. The fraction of sp³-hybridized carbons (Fsp3) is 0.619. The Kier molecular flexibility index (Phi) is 6.45. The molecular formula is C21H33N3O2. The highest BCUT2D eigenvalue weighted by Gasteiger charge is 2.26. The van der Waals surface area contributed by atoms with Crippen molar-refractivity contribution >= 4 is 17.5 Å². The second-order valence-electron chi connectivity index (χ2n) is 8.57. The molecule has 2 amide bonds. The van der Waals surface area contributed by atoms with Crippen LogP contribution in [-0.2, 0) is 4.79 Å². The number of benzene rings is 1. The third-order valence-electron chi connectivity index (χ3n) is 5.07. The molecule has 1 aliphatic heterocycles. The van der Waals surface area contributed by atoms with Gasteiger partial charge in [-0.1, -0.05) is 13.0 Å². The van der Waals surface area contributed by atoms with Crippen molar-refractivity contribution in [3.63, 3.8) is 0 Å². The number of amides is 2. The molecule has 0 aromatic heterocycles. The van der Waals surface area contributed by atoms with Gasteiger partial charge in [0.05, 0.1) is 6.04 Å². The third kappa shape index (κ3) is 5.31. The van der Waals surface area contributed by atoms with Gasteiger partial charge in [0.25, 0.3) is 5.91 Å². The predicted molar refractivity (Wildman–Crippen MR) is 106 cm³/mol. The summed E-state index contributed by atoms with van der Waals surface area (Å²) in [6.45, 7) is 13.9. The SMILES string of the molecule is Cc1c(NC(=O)C(C)N2CCC(C)CC2)cccc1C(=O)NC(C)(C)C. The number of piperidine rings is 1. The summed E-state index contributed by atoms with van der Waals surface area (Å²) in [5, 5.41) is 5.99. The van der Waals surface area contributed by atoms with Crippen LogP contribution in [0.25, 0.3) is 0 Å². The molecule has 26 heavy (non-hydrogen) atoms. The molecule has 2 rings (SSSR count). The Balaban J connectivity index is 2.08. The first-order valence-electron chi connectivity index (χ1n) is 9.55. The minimum Gasteiger partial charge on any atom is -0.347 e. The van der Waals surface area contributed by atoms with E-state index in [1.165, 1.54) is 0 Å². The second kappa shape index (κ2) is 8.21. The van der Waals surface area contributed by atoms with Gasteiger partial charge in [0.1, 0.15) is 0 Å². The van der Waals surface area contributed by atoms with Crippen molar-refractivity contribution in [2.45, 2.75) is 66.0 Å². The number of nitrogens with zero attached hydrogens (tertiary/aromatic N) is 1. The number of carbonyl (C=O) groups excluding carboxylic acids is 2. The summed E-state index contributed by atoms with van der Waals surface area (Å²) in [4.78, 5) is 27.4. The molecule has 1 atom stereocenters. The van der Waals surface area contributed by atoms with E-state index in [2.05, 4.69) is 22.5 Å². The fourth-order valence-corrected chi connectivity index (χ4v) is 3.24. The Bertz CT molecular complexity index is 656. The predicted octanol–water partition coefficient (Wildman–Crippen LogP) is 3.58. The number of rotatable bonds is 4. The Morgan fingerprint density at radius 2 is 1.81 bits per heavy atom. The van der Waals surface area contributed by atoms with Gasteiger partial charge in [0.2, 0.25) is 5.91 Å². The molecule has 1 unspecified atom stereocenters. The Labute approximate surface area is 157 Å². The van der Waals surface area contributed by atoms with E-state index in [1.807, 2.05) is 46.8 Å². The maximum atomic E-state index is 12.7. The Morgan fingerprint density at radius 3 is 2.38 bits per heavy atom. The Morgan fingerprint density at radius 1 is 1.19 bits per heavy atom. The highest BCUT2D eigenvalue weighted by molar-refractivity contribution is 6.00. The number of likely N-dealkylation sites (tertiary alicyclic amines) is 1. The van der Waals surface area contributed by atoms with Crippen LogP contribution in [0.2, 0.25) is 0 Å². The molecule has 0 radical (unpaired) electrons. The molecule has 5 heteroatoms. The first kappa shape index (κ1) is 20.4. The topological polar surface area (TPSA) is 61.4 Å². The van der Waals surface area contributed by atoms with Crippen molar-refractivity contribution in [3.05, 3.63) is 29.3 Å². The van der Waals surface area contributed by atoms with Crippen LogP contribution in [0, 0.1) is 12.8 Å². The largest absolute Gasteiger partial charge is 0.347 e. The second-order valence-corrected chi connectivity index (χ2v) is 8.57. The molecule has 1 aromatic carbocycles. The van der Waals surface area contributed by atoms with Gasteiger partial charge >= 0.3 is 0 Å². The number of hydrogen-bond acceptors (Lipinski definition) is 3. The minimum atomic E-state index is -0.303. The lowest BCUT2D eigenvalue weighted by Crippen LogP contribution is -2.46.